The first-order valence-electron chi connectivity index (χ1n) is 8.43. The molecule has 1 amide bonds. The Kier molecular flexibility index (Phi) is 5.16. The van der Waals surface area contributed by atoms with Gasteiger partial charge >= 0.3 is 6.09 Å². The van der Waals surface area contributed by atoms with Crippen molar-refractivity contribution in [2.45, 2.75) is 12.3 Å². The van der Waals surface area contributed by atoms with Crippen molar-refractivity contribution in [1.82, 2.24) is 10.2 Å². The minimum atomic E-state index is -0.257. The first kappa shape index (κ1) is 16.5. The molecule has 0 saturated carbocycles. The summed E-state index contributed by atoms with van der Waals surface area (Å²) < 4.78 is 5.60. The van der Waals surface area contributed by atoms with E-state index in [9.17, 15) is 4.79 Å². The Morgan fingerprint density at radius 1 is 1.08 bits per heavy atom. The molecule has 4 nitrogen and oxygen atoms in total. The normalized spacial score (nSPS) is 12.6. The summed E-state index contributed by atoms with van der Waals surface area (Å²) in [5.74, 6) is 0.118. The van der Waals surface area contributed by atoms with Crippen LogP contribution in [0.4, 0.5) is 4.79 Å². The fraction of sp³-hybridized carbons (Fsp3) is 0.350. The molecule has 0 spiro atoms. The van der Waals surface area contributed by atoms with E-state index in [0.29, 0.717) is 13.2 Å². The molecule has 0 saturated heterocycles. The lowest BCUT2D eigenvalue weighted by Crippen LogP contribution is -2.31. The highest BCUT2D eigenvalue weighted by atomic mass is 16.6. The molecular formula is C20H24N2O2. The van der Waals surface area contributed by atoms with Gasteiger partial charge in [0.05, 0.1) is 0 Å². The topological polar surface area (TPSA) is 41.6 Å². The van der Waals surface area contributed by atoms with E-state index in [1.54, 1.807) is 11.9 Å². The van der Waals surface area contributed by atoms with Crippen LogP contribution in [0.15, 0.2) is 48.5 Å². The van der Waals surface area contributed by atoms with Crippen LogP contribution in [0.5, 0.6) is 0 Å². The number of nitrogens with zero attached hydrogens (tertiary/aromatic N) is 1. The van der Waals surface area contributed by atoms with Crippen LogP contribution in [0.1, 0.15) is 23.5 Å². The van der Waals surface area contributed by atoms with Crippen LogP contribution in [0.3, 0.4) is 0 Å². The van der Waals surface area contributed by atoms with Gasteiger partial charge in [0.1, 0.15) is 6.61 Å². The lowest BCUT2D eigenvalue weighted by molar-refractivity contribution is 0.108. The summed E-state index contributed by atoms with van der Waals surface area (Å²) in [4.78, 5) is 13.8. The quantitative estimate of drug-likeness (QED) is 0.827. The third kappa shape index (κ3) is 3.29. The van der Waals surface area contributed by atoms with Crippen molar-refractivity contribution in [2.24, 2.45) is 0 Å². The number of carbonyl (C=O) groups is 1. The fourth-order valence-corrected chi connectivity index (χ4v) is 3.29. The summed E-state index contributed by atoms with van der Waals surface area (Å²) in [6, 6.07) is 16.7. The van der Waals surface area contributed by atoms with Crippen LogP contribution in [-0.4, -0.2) is 44.8 Å². The van der Waals surface area contributed by atoms with Gasteiger partial charge in [0.15, 0.2) is 0 Å². The van der Waals surface area contributed by atoms with Crippen LogP contribution < -0.4 is 5.32 Å². The Hall–Kier alpha value is -2.33. The second-order valence-electron chi connectivity index (χ2n) is 6.18. The van der Waals surface area contributed by atoms with Gasteiger partial charge in [-0.2, -0.15) is 0 Å². The lowest BCUT2D eigenvalue weighted by Gasteiger charge is -2.19. The molecule has 2 aromatic carbocycles. The van der Waals surface area contributed by atoms with Crippen molar-refractivity contribution >= 4 is 6.09 Å². The van der Waals surface area contributed by atoms with Crippen LogP contribution >= 0.6 is 0 Å². The zero-order valence-corrected chi connectivity index (χ0v) is 14.3. The second-order valence-corrected chi connectivity index (χ2v) is 6.18. The molecule has 0 radical (unpaired) electrons. The summed E-state index contributed by atoms with van der Waals surface area (Å²) in [7, 11) is 3.70. The van der Waals surface area contributed by atoms with Gasteiger partial charge in [0.2, 0.25) is 0 Å². The number of fused-ring (bicyclic) bond motifs is 3. The van der Waals surface area contributed by atoms with Gasteiger partial charge in [0.25, 0.3) is 0 Å². The number of hydrogen-bond donors (Lipinski definition) is 1. The fourth-order valence-electron chi connectivity index (χ4n) is 3.29. The lowest BCUT2D eigenvalue weighted by atomic mass is 9.98. The summed E-state index contributed by atoms with van der Waals surface area (Å²) in [6.07, 6.45) is 0.657. The average Bonchev–Trinajstić information content (AvgIpc) is 2.94. The Bertz CT molecular complexity index is 669. The molecule has 0 heterocycles. The van der Waals surface area contributed by atoms with Gasteiger partial charge in [-0.05, 0) is 42.3 Å². The van der Waals surface area contributed by atoms with Gasteiger partial charge in [-0.3, -0.25) is 0 Å². The number of hydrogen-bond acceptors (Lipinski definition) is 3. The van der Waals surface area contributed by atoms with Crippen molar-refractivity contribution in [3.8, 4) is 11.1 Å². The van der Waals surface area contributed by atoms with E-state index < -0.39 is 0 Å². The second kappa shape index (κ2) is 7.49. The van der Waals surface area contributed by atoms with E-state index >= 15 is 0 Å². The minimum Gasteiger partial charge on any atom is -0.448 e. The van der Waals surface area contributed by atoms with E-state index in [1.807, 2.05) is 19.2 Å². The third-order valence-corrected chi connectivity index (χ3v) is 4.57. The van der Waals surface area contributed by atoms with Gasteiger partial charge < -0.3 is 15.0 Å². The number of amides is 1. The standard InChI is InChI=1S/C20H24N2O2/c1-21-12-7-13-22(2)20(23)24-14-19-17-10-5-3-8-15(17)16-9-4-6-11-18(16)19/h3-6,8-11,19,21H,7,12-14H2,1-2H3. The smallest absolute Gasteiger partial charge is 0.409 e. The maximum Gasteiger partial charge on any atom is 0.409 e. The Morgan fingerprint density at radius 3 is 2.25 bits per heavy atom. The highest BCUT2D eigenvalue weighted by molar-refractivity contribution is 5.79. The molecule has 0 bridgehead atoms. The van der Waals surface area contributed by atoms with Gasteiger partial charge in [0, 0.05) is 19.5 Å². The zero-order valence-electron chi connectivity index (χ0n) is 14.3. The molecule has 126 valence electrons. The molecule has 0 atom stereocenters. The van der Waals surface area contributed by atoms with Crippen molar-refractivity contribution in [1.29, 1.82) is 0 Å². The number of nitrogens with one attached hydrogen (secondary N) is 1. The summed E-state index contributed by atoms with van der Waals surface area (Å²) >= 11 is 0. The SMILES string of the molecule is CNCCCN(C)C(=O)OCC1c2ccccc2-c2ccccc21. The van der Waals surface area contributed by atoms with Gasteiger partial charge in [-0.1, -0.05) is 48.5 Å². The number of benzene rings is 2. The third-order valence-electron chi connectivity index (χ3n) is 4.57. The van der Waals surface area contributed by atoms with E-state index in [1.165, 1.54) is 22.3 Å². The number of carbonyl (C=O) groups excluding carboxylic acids is 1. The monoisotopic (exact) mass is 324 g/mol. The van der Waals surface area contributed by atoms with Crippen LogP contribution in [-0.2, 0) is 4.74 Å². The molecule has 2 aromatic rings. The minimum absolute atomic E-state index is 0.118. The predicted molar refractivity (Wildman–Crippen MR) is 96.2 cm³/mol. The zero-order chi connectivity index (χ0) is 16.9. The molecular weight excluding hydrogens is 300 g/mol. The predicted octanol–water partition coefficient (Wildman–Crippen LogP) is 3.48. The summed E-state index contributed by atoms with van der Waals surface area (Å²) in [5.41, 5.74) is 4.97. The molecule has 3 rings (SSSR count). The number of ether oxygens (including phenoxy) is 1. The van der Waals surface area contributed by atoms with Crippen molar-refractivity contribution in [2.75, 3.05) is 33.8 Å². The van der Waals surface area contributed by atoms with E-state index in [4.69, 9.17) is 4.74 Å². The molecule has 0 unspecified atom stereocenters. The highest BCUT2D eigenvalue weighted by Gasteiger charge is 2.29. The number of rotatable bonds is 6. The maximum atomic E-state index is 12.2. The van der Waals surface area contributed by atoms with Crippen LogP contribution in [0, 0.1) is 0 Å². The Labute approximate surface area is 143 Å². The van der Waals surface area contributed by atoms with Crippen molar-refractivity contribution in [3.63, 3.8) is 0 Å². The Morgan fingerprint density at radius 2 is 1.67 bits per heavy atom. The molecule has 1 aliphatic rings. The molecule has 0 aliphatic heterocycles. The van der Waals surface area contributed by atoms with E-state index in [-0.39, 0.29) is 12.0 Å². The molecule has 0 aromatic heterocycles. The van der Waals surface area contributed by atoms with Crippen molar-refractivity contribution in [3.05, 3.63) is 59.7 Å². The van der Waals surface area contributed by atoms with Crippen molar-refractivity contribution < 1.29 is 9.53 Å². The Balaban J connectivity index is 1.68. The summed E-state index contributed by atoms with van der Waals surface area (Å²) in [5, 5.41) is 3.08. The van der Waals surface area contributed by atoms with Crippen LogP contribution in [0.2, 0.25) is 0 Å². The molecule has 0 fully saturated rings. The van der Waals surface area contributed by atoms with Gasteiger partial charge in [-0.25, -0.2) is 4.79 Å². The largest absolute Gasteiger partial charge is 0.448 e. The molecule has 24 heavy (non-hydrogen) atoms. The van der Waals surface area contributed by atoms with Gasteiger partial charge in [-0.15, -0.1) is 0 Å². The maximum absolute atomic E-state index is 12.2. The van der Waals surface area contributed by atoms with E-state index in [2.05, 4.69) is 41.7 Å². The molecule has 1 aliphatic carbocycles. The van der Waals surface area contributed by atoms with E-state index in [0.717, 1.165) is 13.0 Å². The molecule has 4 heteroatoms. The highest BCUT2D eigenvalue weighted by Crippen LogP contribution is 2.44. The average molecular weight is 324 g/mol. The van der Waals surface area contributed by atoms with Crippen LogP contribution in [0.25, 0.3) is 11.1 Å². The first-order chi connectivity index (χ1) is 11.7. The first-order valence-corrected chi connectivity index (χ1v) is 8.43. The molecule has 1 N–H and O–H groups in total. The summed E-state index contributed by atoms with van der Waals surface area (Å²) in [6.45, 7) is 1.96.